The van der Waals surface area contributed by atoms with Crippen LogP contribution in [0.15, 0.2) is 30.5 Å². The second-order valence-corrected chi connectivity index (χ2v) is 5.58. The molecule has 0 aliphatic carbocycles. The first kappa shape index (κ1) is 16.2. The molecule has 5 heteroatoms. The highest BCUT2D eigenvalue weighted by Crippen LogP contribution is 2.24. The molecule has 0 saturated carbocycles. The Labute approximate surface area is 132 Å². The molecule has 0 amide bonds. The lowest BCUT2D eigenvalue weighted by Gasteiger charge is -2.14. The number of benzene rings is 1. The number of aryl methyl sites for hydroxylation is 2. The Morgan fingerprint density at radius 3 is 2.73 bits per heavy atom. The molecule has 118 valence electrons. The van der Waals surface area contributed by atoms with Crippen molar-refractivity contribution >= 4 is 17.5 Å². The van der Waals surface area contributed by atoms with Crippen LogP contribution in [0.4, 0.5) is 17.5 Å². The van der Waals surface area contributed by atoms with Crippen molar-refractivity contribution < 1.29 is 0 Å². The van der Waals surface area contributed by atoms with E-state index in [9.17, 15) is 0 Å². The number of rotatable bonds is 7. The van der Waals surface area contributed by atoms with Crippen molar-refractivity contribution in [2.45, 2.75) is 20.3 Å². The van der Waals surface area contributed by atoms with E-state index in [1.54, 1.807) is 6.20 Å². The van der Waals surface area contributed by atoms with E-state index in [1.807, 2.05) is 20.2 Å². The number of likely N-dealkylation sites (N-methyl/N-ethyl adjacent to an activating group) is 1. The normalized spacial score (nSPS) is 10.8. The third kappa shape index (κ3) is 4.43. The van der Waals surface area contributed by atoms with Crippen LogP contribution in [0.1, 0.15) is 18.1 Å². The highest BCUT2D eigenvalue weighted by molar-refractivity contribution is 5.65. The van der Waals surface area contributed by atoms with Gasteiger partial charge in [-0.05, 0) is 44.6 Å². The van der Waals surface area contributed by atoms with Crippen molar-refractivity contribution in [3.8, 4) is 0 Å². The summed E-state index contributed by atoms with van der Waals surface area (Å²) < 4.78 is 0. The molecular weight excluding hydrogens is 274 g/mol. The van der Waals surface area contributed by atoms with Crippen LogP contribution in [-0.2, 0) is 6.42 Å². The van der Waals surface area contributed by atoms with E-state index in [1.165, 1.54) is 11.1 Å². The largest absolute Gasteiger partial charge is 0.353 e. The molecule has 0 bridgehead atoms. The number of hydrogen-bond acceptors (Lipinski definition) is 5. The summed E-state index contributed by atoms with van der Waals surface area (Å²) in [5.74, 6) is 1.46. The zero-order valence-electron chi connectivity index (χ0n) is 13.8. The zero-order valence-corrected chi connectivity index (χ0v) is 13.8. The molecule has 2 N–H and O–H groups in total. The van der Waals surface area contributed by atoms with Crippen LogP contribution in [0, 0.1) is 6.92 Å². The number of anilines is 3. The maximum Gasteiger partial charge on any atom is 0.224 e. The molecule has 0 spiro atoms. The Hall–Kier alpha value is -2.14. The van der Waals surface area contributed by atoms with Gasteiger partial charge in [-0.25, -0.2) is 4.98 Å². The summed E-state index contributed by atoms with van der Waals surface area (Å²) in [7, 11) is 4.09. The average molecular weight is 299 g/mol. The maximum atomic E-state index is 4.53. The van der Waals surface area contributed by atoms with Crippen molar-refractivity contribution in [3.63, 3.8) is 0 Å². The van der Waals surface area contributed by atoms with E-state index < -0.39 is 0 Å². The van der Waals surface area contributed by atoms with E-state index in [0.717, 1.165) is 31.0 Å². The number of aromatic nitrogens is 2. The molecule has 5 nitrogen and oxygen atoms in total. The Morgan fingerprint density at radius 2 is 2.00 bits per heavy atom. The third-order valence-electron chi connectivity index (χ3n) is 3.49. The van der Waals surface area contributed by atoms with Gasteiger partial charge in [0.15, 0.2) is 0 Å². The standard InChI is InChI=1S/C17H25N5/c1-5-14-8-6-7-13(2)16(14)20-15-9-10-18-17(21-15)19-11-12-22(3)4/h6-10H,5,11-12H2,1-4H3,(H2,18,19,20,21). The van der Waals surface area contributed by atoms with Crippen LogP contribution in [0.3, 0.4) is 0 Å². The lowest BCUT2D eigenvalue weighted by molar-refractivity contribution is 0.425. The van der Waals surface area contributed by atoms with Gasteiger partial charge in [0, 0.05) is 25.0 Å². The van der Waals surface area contributed by atoms with Crippen molar-refractivity contribution in [3.05, 3.63) is 41.6 Å². The lowest BCUT2D eigenvalue weighted by Crippen LogP contribution is -2.21. The van der Waals surface area contributed by atoms with Gasteiger partial charge in [0.05, 0.1) is 0 Å². The Morgan fingerprint density at radius 1 is 1.18 bits per heavy atom. The van der Waals surface area contributed by atoms with Gasteiger partial charge in [-0.2, -0.15) is 4.98 Å². The SMILES string of the molecule is CCc1cccc(C)c1Nc1ccnc(NCCN(C)C)n1. The molecule has 0 unspecified atom stereocenters. The molecule has 0 fully saturated rings. The molecule has 1 heterocycles. The van der Waals surface area contributed by atoms with Gasteiger partial charge in [0.2, 0.25) is 5.95 Å². The number of para-hydroxylation sites is 1. The second kappa shape index (κ2) is 7.75. The second-order valence-electron chi connectivity index (χ2n) is 5.58. The fraction of sp³-hybridized carbons (Fsp3) is 0.412. The van der Waals surface area contributed by atoms with E-state index in [-0.39, 0.29) is 0 Å². The summed E-state index contributed by atoms with van der Waals surface area (Å²) in [6.07, 6.45) is 2.76. The first-order chi connectivity index (χ1) is 10.6. The topological polar surface area (TPSA) is 53.1 Å². The molecule has 0 atom stereocenters. The monoisotopic (exact) mass is 299 g/mol. The van der Waals surface area contributed by atoms with Gasteiger partial charge >= 0.3 is 0 Å². The highest BCUT2D eigenvalue weighted by Gasteiger charge is 2.06. The van der Waals surface area contributed by atoms with Gasteiger partial charge in [0.25, 0.3) is 0 Å². The number of hydrogen-bond donors (Lipinski definition) is 2. The van der Waals surface area contributed by atoms with Crippen LogP contribution in [0.5, 0.6) is 0 Å². The quantitative estimate of drug-likeness (QED) is 0.823. The molecule has 2 aromatic rings. The predicted molar refractivity (Wildman–Crippen MR) is 92.9 cm³/mol. The third-order valence-corrected chi connectivity index (χ3v) is 3.49. The van der Waals surface area contributed by atoms with Crippen LogP contribution in [0.25, 0.3) is 0 Å². The summed E-state index contributed by atoms with van der Waals surface area (Å²) in [6.45, 7) is 6.03. The molecule has 22 heavy (non-hydrogen) atoms. The molecular formula is C17H25N5. The minimum Gasteiger partial charge on any atom is -0.353 e. The summed E-state index contributed by atoms with van der Waals surface area (Å²) in [5.41, 5.74) is 3.66. The van der Waals surface area contributed by atoms with Crippen molar-refractivity contribution in [2.75, 3.05) is 37.8 Å². The molecule has 0 aliphatic heterocycles. The summed E-state index contributed by atoms with van der Waals surface area (Å²) in [4.78, 5) is 10.9. The highest BCUT2D eigenvalue weighted by atomic mass is 15.2. The smallest absolute Gasteiger partial charge is 0.224 e. The van der Waals surface area contributed by atoms with Crippen LogP contribution in [-0.4, -0.2) is 42.1 Å². The minimum absolute atomic E-state index is 0.651. The fourth-order valence-corrected chi connectivity index (χ4v) is 2.23. The van der Waals surface area contributed by atoms with Gasteiger partial charge in [-0.3, -0.25) is 0 Å². The average Bonchev–Trinajstić information content (AvgIpc) is 2.49. The van der Waals surface area contributed by atoms with Gasteiger partial charge in [-0.1, -0.05) is 25.1 Å². The van der Waals surface area contributed by atoms with E-state index in [2.05, 4.69) is 57.5 Å². The predicted octanol–water partition coefficient (Wildman–Crippen LogP) is 3.06. The first-order valence-corrected chi connectivity index (χ1v) is 7.67. The van der Waals surface area contributed by atoms with Crippen molar-refractivity contribution in [1.29, 1.82) is 0 Å². The maximum absolute atomic E-state index is 4.53. The first-order valence-electron chi connectivity index (χ1n) is 7.67. The molecule has 2 rings (SSSR count). The van der Waals surface area contributed by atoms with Crippen LogP contribution in [0.2, 0.25) is 0 Å². The zero-order chi connectivity index (χ0) is 15.9. The summed E-state index contributed by atoms with van der Waals surface area (Å²) in [6, 6.07) is 8.24. The molecule has 0 aliphatic rings. The fourth-order valence-electron chi connectivity index (χ4n) is 2.23. The molecule has 0 saturated heterocycles. The Balaban J connectivity index is 2.10. The van der Waals surface area contributed by atoms with Crippen molar-refractivity contribution in [1.82, 2.24) is 14.9 Å². The van der Waals surface area contributed by atoms with E-state index in [0.29, 0.717) is 5.95 Å². The molecule has 0 radical (unpaired) electrons. The minimum atomic E-state index is 0.651. The Kier molecular flexibility index (Phi) is 5.72. The van der Waals surface area contributed by atoms with Gasteiger partial charge < -0.3 is 15.5 Å². The van der Waals surface area contributed by atoms with Crippen LogP contribution < -0.4 is 10.6 Å². The van der Waals surface area contributed by atoms with E-state index in [4.69, 9.17) is 0 Å². The number of nitrogens with one attached hydrogen (secondary N) is 2. The van der Waals surface area contributed by atoms with Gasteiger partial charge in [-0.15, -0.1) is 0 Å². The summed E-state index contributed by atoms with van der Waals surface area (Å²) >= 11 is 0. The van der Waals surface area contributed by atoms with E-state index >= 15 is 0 Å². The van der Waals surface area contributed by atoms with Gasteiger partial charge in [0.1, 0.15) is 5.82 Å². The lowest BCUT2D eigenvalue weighted by atomic mass is 10.1. The number of nitrogens with zero attached hydrogens (tertiary/aromatic N) is 3. The molecule has 1 aromatic heterocycles. The molecule has 1 aromatic carbocycles. The summed E-state index contributed by atoms with van der Waals surface area (Å²) in [5, 5.41) is 6.67. The van der Waals surface area contributed by atoms with Crippen LogP contribution >= 0.6 is 0 Å². The van der Waals surface area contributed by atoms with Crippen molar-refractivity contribution in [2.24, 2.45) is 0 Å². The Bertz CT molecular complexity index is 610.